The van der Waals surface area contributed by atoms with E-state index in [0.29, 0.717) is 22.5 Å². The van der Waals surface area contributed by atoms with Gasteiger partial charge in [0.1, 0.15) is 6.54 Å². The summed E-state index contributed by atoms with van der Waals surface area (Å²) in [4.78, 5) is 36.8. The molecule has 2 aromatic carbocycles. The van der Waals surface area contributed by atoms with Gasteiger partial charge in [0, 0.05) is 18.6 Å². The van der Waals surface area contributed by atoms with Crippen LogP contribution in [0, 0.1) is 0 Å². The summed E-state index contributed by atoms with van der Waals surface area (Å²) in [5.41, 5.74) is 0.441. The average Bonchev–Trinajstić information content (AvgIpc) is 2.63. The summed E-state index contributed by atoms with van der Waals surface area (Å²) in [6.45, 7) is 0.162. The Kier molecular flexibility index (Phi) is 4.72. The molecule has 3 aromatic rings. The van der Waals surface area contributed by atoms with Gasteiger partial charge in [0.2, 0.25) is 5.91 Å². The zero-order valence-corrected chi connectivity index (χ0v) is 14.3. The highest BCUT2D eigenvalue weighted by Crippen LogP contribution is 2.09. The van der Waals surface area contributed by atoms with E-state index < -0.39 is 5.69 Å². The van der Waals surface area contributed by atoms with Crippen molar-refractivity contribution in [3.05, 3.63) is 80.0 Å². The number of para-hydroxylation sites is 1. The molecule has 1 amide bonds. The molecule has 1 N–H and O–H groups in total. The van der Waals surface area contributed by atoms with Crippen LogP contribution in [0.5, 0.6) is 0 Å². The molecule has 6 nitrogen and oxygen atoms in total. The van der Waals surface area contributed by atoms with Gasteiger partial charge in [-0.1, -0.05) is 35.9 Å². The maximum absolute atomic E-state index is 12.4. The van der Waals surface area contributed by atoms with E-state index in [1.54, 1.807) is 36.4 Å². The molecule has 0 spiro atoms. The Morgan fingerprint density at radius 3 is 2.48 bits per heavy atom. The Morgan fingerprint density at radius 2 is 1.76 bits per heavy atom. The third-order valence-electron chi connectivity index (χ3n) is 3.95. The lowest BCUT2D eigenvalue weighted by Crippen LogP contribution is -2.41. The normalized spacial score (nSPS) is 10.8. The number of benzene rings is 2. The second-order valence-electron chi connectivity index (χ2n) is 5.65. The number of hydrogen-bond donors (Lipinski definition) is 1. The minimum atomic E-state index is -0.523. The van der Waals surface area contributed by atoms with Gasteiger partial charge in [-0.3, -0.25) is 18.7 Å². The predicted octanol–water partition coefficient (Wildman–Crippen LogP) is 1.67. The molecule has 0 atom stereocenters. The zero-order chi connectivity index (χ0) is 18.0. The van der Waals surface area contributed by atoms with Gasteiger partial charge in [0.05, 0.1) is 10.9 Å². The van der Waals surface area contributed by atoms with E-state index in [2.05, 4.69) is 5.32 Å². The lowest BCUT2D eigenvalue weighted by Gasteiger charge is -2.12. The van der Waals surface area contributed by atoms with E-state index >= 15 is 0 Å². The second kappa shape index (κ2) is 6.94. The number of hydrogen-bond acceptors (Lipinski definition) is 3. The summed E-state index contributed by atoms with van der Waals surface area (Å²) >= 11 is 5.83. The number of aromatic nitrogens is 2. The van der Waals surface area contributed by atoms with Crippen LogP contribution >= 0.6 is 11.6 Å². The summed E-state index contributed by atoms with van der Waals surface area (Å²) in [5, 5.41) is 3.79. The fraction of sp³-hybridized carbons (Fsp3) is 0.167. The molecule has 1 heterocycles. The van der Waals surface area contributed by atoms with Gasteiger partial charge in [-0.05, 0) is 29.8 Å². The molecule has 0 aliphatic rings. The van der Waals surface area contributed by atoms with Crippen LogP contribution in [0.2, 0.25) is 5.02 Å². The van der Waals surface area contributed by atoms with Crippen LogP contribution in [-0.4, -0.2) is 15.0 Å². The molecule has 0 fully saturated rings. The first kappa shape index (κ1) is 17.0. The summed E-state index contributed by atoms with van der Waals surface area (Å²) in [7, 11) is 1.40. The maximum atomic E-state index is 12.4. The van der Waals surface area contributed by atoms with E-state index in [0.717, 1.165) is 10.1 Å². The molecule has 0 radical (unpaired) electrons. The van der Waals surface area contributed by atoms with Gasteiger partial charge in [-0.25, -0.2) is 4.79 Å². The average molecular weight is 358 g/mol. The first-order chi connectivity index (χ1) is 12.0. The van der Waals surface area contributed by atoms with Crippen molar-refractivity contribution >= 4 is 28.4 Å². The summed E-state index contributed by atoms with van der Waals surface area (Å²) in [5.74, 6) is -0.319. The van der Waals surface area contributed by atoms with Crippen LogP contribution in [0.1, 0.15) is 5.56 Å². The fourth-order valence-corrected chi connectivity index (χ4v) is 2.72. The van der Waals surface area contributed by atoms with Crippen molar-refractivity contribution in [2.24, 2.45) is 7.05 Å². The lowest BCUT2D eigenvalue weighted by molar-refractivity contribution is -0.121. The minimum absolute atomic E-state index is 0.166. The Bertz CT molecular complexity index is 1050. The molecule has 0 saturated heterocycles. The second-order valence-corrected chi connectivity index (χ2v) is 6.09. The summed E-state index contributed by atoms with van der Waals surface area (Å²) < 4.78 is 2.31. The molecule has 25 heavy (non-hydrogen) atoms. The number of nitrogens with one attached hydrogen (secondary N) is 1. The van der Waals surface area contributed by atoms with Crippen molar-refractivity contribution in [2.45, 2.75) is 13.1 Å². The topological polar surface area (TPSA) is 73.1 Å². The van der Waals surface area contributed by atoms with Gasteiger partial charge in [0.15, 0.2) is 0 Å². The third-order valence-corrected chi connectivity index (χ3v) is 4.20. The lowest BCUT2D eigenvalue weighted by atomic mass is 10.2. The van der Waals surface area contributed by atoms with Crippen molar-refractivity contribution in [2.75, 3.05) is 0 Å². The number of nitrogens with zero attached hydrogens (tertiary/aromatic N) is 2. The number of halogens is 1. The molecular weight excluding hydrogens is 342 g/mol. The first-order valence-electron chi connectivity index (χ1n) is 7.67. The molecule has 0 unspecified atom stereocenters. The van der Waals surface area contributed by atoms with Crippen LogP contribution in [0.4, 0.5) is 0 Å². The van der Waals surface area contributed by atoms with E-state index in [1.165, 1.54) is 11.6 Å². The molecule has 3 rings (SSSR count). The fourth-order valence-electron chi connectivity index (χ4n) is 2.60. The largest absolute Gasteiger partial charge is 0.350 e. The van der Waals surface area contributed by atoms with Crippen molar-refractivity contribution in [1.29, 1.82) is 0 Å². The van der Waals surface area contributed by atoms with E-state index in [9.17, 15) is 14.4 Å². The van der Waals surface area contributed by atoms with Gasteiger partial charge < -0.3 is 5.32 Å². The highest BCUT2D eigenvalue weighted by molar-refractivity contribution is 6.30. The minimum Gasteiger partial charge on any atom is -0.350 e. The molecular formula is C18H16ClN3O3. The SMILES string of the molecule is Cn1c(=O)c2ccccc2n(CC(=O)NCc2ccc(Cl)cc2)c1=O. The monoisotopic (exact) mass is 357 g/mol. The Labute approximate surface area is 148 Å². The van der Waals surface area contributed by atoms with Crippen LogP contribution in [-0.2, 0) is 24.9 Å². The Hall–Kier alpha value is -2.86. The quantitative estimate of drug-likeness (QED) is 0.772. The summed E-state index contributed by atoms with van der Waals surface area (Å²) in [6, 6.07) is 13.9. The standard InChI is InChI=1S/C18H16ClN3O3/c1-21-17(24)14-4-2-3-5-15(14)22(18(21)25)11-16(23)20-10-12-6-8-13(19)9-7-12/h2-9H,10-11H2,1H3,(H,20,23). The number of fused-ring (bicyclic) bond motifs is 1. The highest BCUT2D eigenvalue weighted by atomic mass is 35.5. The van der Waals surface area contributed by atoms with E-state index in [4.69, 9.17) is 11.6 Å². The maximum Gasteiger partial charge on any atom is 0.331 e. The number of carbonyl (C=O) groups is 1. The van der Waals surface area contributed by atoms with Crippen molar-refractivity contribution in [3.8, 4) is 0 Å². The zero-order valence-electron chi connectivity index (χ0n) is 13.5. The van der Waals surface area contributed by atoms with Crippen LogP contribution in [0.15, 0.2) is 58.1 Å². The van der Waals surface area contributed by atoms with Crippen molar-refractivity contribution in [1.82, 2.24) is 14.5 Å². The van der Waals surface area contributed by atoms with Crippen LogP contribution in [0.3, 0.4) is 0 Å². The van der Waals surface area contributed by atoms with Gasteiger partial charge in [-0.15, -0.1) is 0 Å². The van der Waals surface area contributed by atoms with Gasteiger partial charge >= 0.3 is 5.69 Å². The molecule has 0 bridgehead atoms. The number of rotatable bonds is 4. The number of carbonyl (C=O) groups excluding carboxylic acids is 1. The van der Waals surface area contributed by atoms with Crippen LogP contribution in [0.25, 0.3) is 10.9 Å². The smallest absolute Gasteiger partial charge is 0.331 e. The molecule has 0 aliphatic heterocycles. The van der Waals surface area contributed by atoms with E-state index in [-0.39, 0.29) is 18.0 Å². The van der Waals surface area contributed by atoms with Crippen LogP contribution < -0.4 is 16.6 Å². The highest BCUT2D eigenvalue weighted by Gasteiger charge is 2.13. The van der Waals surface area contributed by atoms with Crippen molar-refractivity contribution in [3.63, 3.8) is 0 Å². The molecule has 0 aliphatic carbocycles. The molecule has 0 saturated carbocycles. The summed E-state index contributed by atoms with van der Waals surface area (Å²) in [6.07, 6.45) is 0. The van der Waals surface area contributed by atoms with Crippen molar-refractivity contribution < 1.29 is 4.79 Å². The Morgan fingerprint density at radius 1 is 1.08 bits per heavy atom. The molecule has 128 valence electrons. The Balaban J connectivity index is 1.85. The molecule has 1 aromatic heterocycles. The third kappa shape index (κ3) is 3.49. The van der Waals surface area contributed by atoms with Gasteiger partial charge in [-0.2, -0.15) is 0 Å². The molecule has 7 heteroatoms. The first-order valence-corrected chi connectivity index (χ1v) is 8.05. The predicted molar refractivity (Wildman–Crippen MR) is 96.7 cm³/mol. The van der Waals surface area contributed by atoms with E-state index in [1.807, 2.05) is 12.1 Å². The van der Waals surface area contributed by atoms with Gasteiger partial charge in [0.25, 0.3) is 5.56 Å². The number of amides is 1.